The molecule has 0 spiro atoms. The Bertz CT molecular complexity index is 1300. The predicted octanol–water partition coefficient (Wildman–Crippen LogP) is 4.59. The molecule has 174 valence electrons. The van der Waals surface area contributed by atoms with Crippen LogP contribution in [0.2, 0.25) is 0 Å². The van der Waals surface area contributed by atoms with Crippen molar-refractivity contribution in [2.24, 2.45) is 0 Å². The number of rotatable bonds is 5. The maximum Gasteiger partial charge on any atom is 0.286 e. The summed E-state index contributed by atoms with van der Waals surface area (Å²) < 4.78 is 28.4. The lowest BCUT2D eigenvalue weighted by atomic mass is 10.0. The lowest BCUT2D eigenvalue weighted by molar-refractivity contribution is 0.102. The second-order valence-electron chi connectivity index (χ2n) is 8.62. The Balaban J connectivity index is 1.51. The van der Waals surface area contributed by atoms with Crippen molar-refractivity contribution in [3.05, 3.63) is 68.7 Å². The van der Waals surface area contributed by atoms with Crippen molar-refractivity contribution in [2.45, 2.75) is 51.3 Å². The van der Waals surface area contributed by atoms with Crippen LogP contribution in [0.4, 0.5) is 5.69 Å². The van der Waals surface area contributed by atoms with E-state index in [4.69, 9.17) is 0 Å². The first kappa shape index (κ1) is 23.5. The third-order valence-electron chi connectivity index (χ3n) is 6.17. The fourth-order valence-corrected chi connectivity index (χ4v) is 6.77. The number of sulfonamides is 1. The Kier molecular flexibility index (Phi) is 6.65. The third-order valence-corrected chi connectivity index (χ3v) is 9.26. The highest BCUT2D eigenvalue weighted by Crippen LogP contribution is 2.33. The molecule has 2 heterocycles. The molecule has 0 saturated carbocycles. The summed E-state index contributed by atoms with van der Waals surface area (Å²) in [6.45, 7) is 8.49. The van der Waals surface area contributed by atoms with Crippen LogP contribution in [0.1, 0.15) is 55.8 Å². The van der Waals surface area contributed by atoms with Crippen LogP contribution in [0.15, 0.2) is 41.3 Å². The van der Waals surface area contributed by atoms with Gasteiger partial charge in [-0.2, -0.15) is 4.31 Å². The number of carbonyl (C=O) groups is 1. The lowest BCUT2D eigenvalue weighted by Crippen LogP contribution is -2.39. The average molecular weight is 485 g/mol. The molecule has 1 saturated heterocycles. The fraction of sp³-hybridized carbons (Fsp3) is 0.375. The van der Waals surface area contributed by atoms with Crippen LogP contribution in [-0.2, 0) is 10.0 Å². The van der Waals surface area contributed by atoms with Gasteiger partial charge in [0.05, 0.1) is 4.90 Å². The van der Waals surface area contributed by atoms with Crippen molar-refractivity contribution in [3.8, 4) is 0 Å². The van der Waals surface area contributed by atoms with E-state index in [9.17, 15) is 13.2 Å². The van der Waals surface area contributed by atoms with E-state index < -0.39 is 10.0 Å². The van der Waals surface area contributed by atoms with Gasteiger partial charge in [0.2, 0.25) is 15.0 Å². The van der Waals surface area contributed by atoms with Gasteiger partial charge in [-0.3, -0.25) is 4.79 Å². The summed E-state index contributed by atoms with van der Waals surface area (Å²) in [5.41, 5.74) is 4.49. The SMILES string of the molecule is Cc1cc(C)c(S(=O)(=O)N2CCCC(c3nnc(C(=O)Nc4ccccc4C)s3)C2)cc1C. The Morgan fingerprint density at radius 3 is 2.52 bits per heavy atom. The molecule has 2 aromatic carbocycles. The fourth-order valence-electron chi connectivity index (χ4n) is 4.09. The van der Waals surface area contributed by atoms with Crippen LogP contribution in [0.5, 0.6) is 0 Å². The summed E-state index contributed by atoms with van der Waals surface area (Å²) in [4.78, 5) is 13.0. The first-order valence-electron chi connectivity index (χ1n) is 10.9. The first-order valence-corrected chi connectivity index (χ1v) is 13.2. The molecular formula is C24H28N4O3S2. The van der Waals surface area contributed by atoms with E-state index in [1.165, 1.54) is 11.3 Å². The highest BCUT2D eigenvalue weighted by molar-refractivity contribution is 7.89. The molecule has 9 heteroatoms. The molecule has 33 heavy (non-hydrogen) atoms. The van der Waals surface area contributed by atoms with Gasteiger partial charge in [-0.1, -0.05) is 35.6 Å². The molecule has 7 nitrogen and oxygen atoms in total. The van der Waals surface area contributed by atoms with E-state index in [0.29, 0.717) is 23.0 Å². The van der Waals surface area contributed by atoms with Crippen molar-refractivity contribution >= 4 is 33.0 Å². The maximum atomic E-state index is 13.4. The topological polar surface area (TPSA) is 92.3 Å². The highest BCUT2D eigenvalue weighted by atomic mass is 32.2. The average Bonchev–Trinajstić information content (AvgIpc) is 3.28. The first-order chi connectivity index (χ1) is 15.7. The van der Waals surface area contributed by atoms with Crippen LogP contribution < -0.4 is 5.32 Å². The van der Waals surface area contributed by atoms with E-state index in [1.54, 1.807) is 10.4 Å². The van der Waals surface area contributed by atoms with E-state index in [2.05, 4.69) is 15.5 Å². The van der Waals surface area contributed by atoms with Gasteiger partial charge in [0.1, 0.15) is 5.01 Å². The maximum absolute atomic E-state index is 13.4. The minimum atomic E-state index is -3.62. The number of para-hydroxylation sites is 1. The number of aromatic nitrogens is 2. The smallest absolute Gasteiger partial charge is 0.286 e. The zero-order chi connectivity index (χ0) is 23.8. The van der Waals surface area contributed by atoms with E-state index in [0.717, 1.165) is 40.8 Å². The van der Waals surface area contributed by atoms with Gasteiger partial charge in [0, 0.05) is 24.7 Å². The molecule has 1 amide bonds. The summed E-state index contributed by atoms with van der Waals surface area (Å²) in [5, 5.41) is 12.2. The lowest BCUT2D eigenvalue weighted by Gasteiger charge is -2.31. The van der Waals surface area contributed by atoms with Gasteiger partial charge in [-0.15, -0.1) is 10.2 Å². The number of aryl methyl sites for hydroxylation is 4. The molecule has 1 aliphatic rings. The molecule has 1 aromatic heterocycles. The van der Waals surface area contributed by atoms with Crippen molar-refractivity contribution in [2.75, 3.05) is 18.4 Å². The molecule has 3 aromatic rings. The number of anilines is 1. The minimum absolute atomic E-state index is 0.0853. The predicted molar refractivity (Wildman–Crippen MR) is 130 cm³/mol. The molecule has 0 radical (unpaired) electrons. The van der Waals surface area contributed by atoms with Gasteiger partial charge in [-0.05, 0) is 74.9 Å². The van der Waals surface area contributed by atoms with Crippen molar-refractivity contribution < 1.29 is 13.2 Å². The summed E-state index contributed by atoms with van der Waals surface area (Å²) in [6, 6.07) is 11.2. The van der Waals surface area contributed by atoms with Gasteiger partial charge in [0.25, 0.3) is 5.91 Å². The molecule has 0 aliphatic carbocycles. The number of hydrogen-bond donors (Lipinski definition) is 1. The monoisotopic (exact) mass is 484 g/mol. The van der Waals surface area contributed by atoms with Crippen LogP contribution in [-0.4, -0.2) is 41.9 Å². The number of hydrogen-bond acceptors (Lipinski definition) is 6. The standard InChI is InChI=1S/C24H28N4O3S2/c1-15-8-5-6-10-20(15)25-22(29)24-27-26-23(32-24)19-9-7-11-28(14-19)33(30,31)21-13-17(3)16(2)12-18(21)4/h5-6,8,10,12-13,19H,7,9,11,14H2,1-4H3,(H,25,29). The third kappa shape index (κ3) is 4.85. The Morgan fingerprint density at radius 1 is 1.03 bits per heavy atom. The molecule has 1 N–H and O–H groups in total. The Labute approximate surface area is 198 Å². The van der Waals surface area contributed by atoms with E-state index in [1.807, 2.05) is 58.0 Å². The number of nitrogens with one attached hydrogen (secondary N) is 1. The molecule has 1 aliphatic heterocycles. The number of piperidine rings is 1. The summed E-state index contributed by atoms with van der Waals surface area (Å²) in [7, 11) is -3.62. The largest absolute Gasteiger partial charge is 0.320 e. The molecular weight excluding hydrogens is 456 g/mol. The van der Waals surface area contributed by atoms with Gasteiger partial charge >= 0.3 is 0 Å². The summed E-state index contributed by atoms with van der Waals surface area (Å²) >= 11 is 1.23. The van der Waals surface area contributed by atoms with Gasteiger partial charge in [0.15, 0.2) is 0 Å². The van der Waals surface area contributed by atoms with Gasteiger partial charge in [-0.25, -0.2) is 8.42 Å². The zero-order valence-corrected chi connectivity index (χ0v) is 20.9. The van der Waals surface area contributed by atoms with Gasteiger partial charge < -0.3 is 5.32 Å². The van der Waals surface area contributed by atoms with Crippen molar-refractivity contribution in [1.82, 2.24) is 14.5 Å². The Morgan fingerprint density at radius 2 is 1.76 bits per heavy atom. The number of benzene rings is 2. The zero-order valence-electron chi connectivity index (χ0n) is 19.3. The molecule has 1 unspecified atom stereocenters. The van der Waals surface area contributed by atoms with Crippen LogP contribution in [0.3, 0.4) is 0 Å². The number of nitrogens with zero attached hydrogens (tertiary/aromatic N) is 3. The quantitative estimate of drug-likeness (QED) is 0.572. The summed E-state index contributed by atoms with van der Waals surface area (Å²) in [5.74, 6) is -0.392. The molecule has 4 rings (SSSR count). The number of carbonyl (C=O) groups excluding carboxylic acids is 1. The van der Waals surface area contributed by atoms with Crippen LogP contribution >= 0.6 is 11.3 Å². The van der Waals surface area contributed by atoms with Crippen molar-refractivity contribution in [3.63, 3.8) is 0 Å². The summed E-state index contributed by atoms with van der Waals surface area (Å²) in [6.07, 6.45) is 1.55. The molecule has 1 atom stereocenters. The van der Waals surface area contributed by atoms with E-state index >= 15 is 0 Å². The number of amides is 1. The molecule has 0 bridgehead atoms. The van der Waals surface area contributed by atoms with Crippen LogP contribution in [0, 0.1) is 27.7 Å². The second kappa shape index (κ2) is 9.32. The normalized spacial score (nSPS) is 17.2. The van der Waals surface area contributed by atoms with E-state index in [-0.39, 0.29) is 16.8 Å². The molecule has 1 fully saturated rings. The second-order valence-corrected chi connectivity index (χ2v) is 11.5. The Hall–Kier alpha value is -2.62. The van der Waals surface area contributed by atoms with Crippen LogP contribution in [0.25, 0.3) is 0 Å². The minimum Gasteiger partial charge on any atom is -0.320 e. The highest BCUT2D eigenvalue weighted by Gasteiger charge is 2.33. The van der Waals surface area contributed by atoms with Crippen molar-refractivity contribution in [1.29, 1.82) is 0 Å².